The van der Waals surface area contributed by atoms with Crippen LogP contribution in [0.4, 0.5) is 0 Å². The highest BCUT2D eigenvalue weighted by Gasteiger charge is 2.29. The molecule has 0 saturated heterocycles. The molecule has 1 aliphatic carbocycles. The van der Waals surface area contributed by atoms with Gasteiger partial charge in [0.2, 0.25) is 0 Å². The van der Waals surface area contributed by atoms with Crippen molar-refractivity contribution in [3.63, 3.8) is 0 Å². The second-order valence-corrected chi connectivity index (χ2v) is 5.41. The van der Waals surface area contributed by atoms with Crippen molar-refractivity contribution in [2.24, 2.45) is 0 Å². The molecule has 1 saturated carbocycles. The Kier molecular flexibility index (Phi) is 3.60. The van der Waals surface area contributed by atoms with Gasteiger partial charge in [0.15, 0.2) is 0 Å². The maximum Gasteiger partial charge on any atom is 0.137 e. The van der Waals surface area contributed by atoms with Crippen LogP contribution >= 0.6 is 0 Å². The van der Waals surface area contributed by atoms with Crippen LogP contribution in [-0.2, 0) is 6.42 Å². The lowest BCUT2D eigenvalue weighted by Gasteiger charge is -2.36. The van der Waals surface area contributed by atoms with Crippen LogP contribution in [0.15, 0.2) is 30.6 Å². The molecule has 1 aliphatic rings. The topological polar surface area (TPSA) is 53.6 Å². The Morgan fingerprint density at radius 1 is 1.26 bits per heavy atom. The first-order chi connectivity index (χ1) is 9.31. The summed E-state index contributed by atoms with van der Waals surface area (Å²) in [6, 6.07) is 9.62. The fraction of sp³-hybridized carbons (Fsp3) is 0.467. The molecule has 0 bridgehead atoms. The summed E-state index contributed by atoms with van der Waals surface area (Å²) in [5.74, 6) is 1.70. The van der Waals surface area contributed by atoms with Gasteiger partial charge in [0, 0.05) is 19.0 Å². The maximum atomic E-state index is 4.12. The van der Waals surface area contributed by atoms with Crippen LogP contribution in [0.2, 0.25) is 0 Å². The van der Waals surface area contributed by atoms with E-state index in [-0.39, 0.29) is 0 Å². The third-order valence-corrected chi connectivity index (χ3v) is 3.95. The van der Waals surface area contributed by atoms with Crippen LogP contribution in [0.5, 0.6) is 0 Å². The van der Waals surface area contributed by atoms with E-state index < -0.39 is 0 Å². The minimum absolute atomic E-state index is 0.661. The van der Waals surface area contributed by atoms with E-state index in [9.17, 15) is 0 Å². The Balaban J connectivity index is 1.39. The van der Waals surface area contributed by atoms with Crippen LogP contribution in [0.25, 0.3) is 0 Å². The number of nitrogens with zero attached hydrogens (tertiary/aromatic N) is 2. The normalized spacial score (nSPS) is 22.2. The standard InChI is InChI=1S/C15H20N4/c1-11-2-4-12(5-3-11)13-8-14(9-13)16-7-6-15-17-10-18-19-15/h2-5,10,13-14,16H,6-9H2,1H3,(H,17,18,19). The van der Waals surface area contributed by atoms with Gasteiger partial charge in [-0.1, -0.05) is 29.8 Å². The second-order valence-electron chi connectivity index (χ2n) is 5.41. The second kappa shape index (κ2) is 5.53. The number of nitrogens with one attached hydrogen (secondary N) is 2. The Labute approximate surface area is 113 Å². The van der Waals surface area contributed by atoms with Crippen molar-refractivity contribution < 1.29 is 0 Å². The number of aromatic amines is 1. The summed E-state index contributed by atoms with van der Waals surface area (Å²) in [6.07, 6.45) is 4.98. The first kappa shape index (κ1) is 12.4. The zero-order valence-corrected chi connectivity index (χ0v) is 11.3. The molecule has 4 heteroatoms. The van der Waals surface area contributed by atoms with Crippen LogP contribution in [0, 0.1) is 6.92 Å². The molecule has 0 atom stereocenters. The molecule has 0 unspecified atom stereocenters. The number of rotatable bonds is 5. The lowest BCUT2D eigenvalue weighted by molar-refractivity contribution is 0.292. The van der Waals surface area contributed by atoms with E-state index in [1.165, 1.54) is 24.0 Å². The molecule has 0 amide bonds. The molecule has 0 aliphatic heterocycles. The van der Waals surface area contributed by atoms with E-state index in [1.54, 1.807) is 6.33 Å². The van der Waals surface area contributed by atoms with E-state index in [1.807, 2.05) is 0 Å². The summed E-state index contributed by atoms with van der Waals surface area (Å²) in [4.78, 5) is 4.12. The van der Waals surface area contributed by atoms with Crippen LogP contribution in [0.1, 0.15) is 35.7 Å². The van der Waals surface area contributed by atoms with E-state index in [0.717, 1.165) is 24.7 Å². The fourth-order valence-corrected chi connectivity index (χ4v) is 2.64. The number of hydrogen-bond donors (Lipinski definition) is 2. The molecule has 2 aromatic rings. The molecular weight excluding hydrogens is 236 g/mol. The molecule has 1 aromatic carbocycles. The Morgan fingerprint density at radius 2 is 2.05 bits per heavy atom. The van der Waals surface area contributed by atoms with Crippen molar-refractivity contribution in [1.29, 1.82) is 0 Å². The van der Waals surface area contributed by atoms with Gasteiger partial charge in [-0.05, 0) is 31.2 Å². The quantitative estimate of drug-likeness (QED) is 0.862. The van der Waals surface area contributed by atoms with Crippen molar-refractivity contribution in [3.8, 4) is 0 Å². The number of aryl methyl sites for hydroxylation is 1. The SMILES string of the molecule is Cc1ccc(C2CC(NCCc3ncn[nH]3)C2)cc1. The summed E-state index contributed by atoms with van der Waals surface area (Å²) in [6.45, 7) is 3.11. The molecule has 19 heavy (non-hydrogen) atoms. The summed E-state index contributed by atoms with van der Waals surface area (Å²) in [5, 5.41) is 10.3. The predicted molar refractivity (Wildman–Crippen MR) is 75.0 cm³/mol. The molecule has 1 heterocycles. The molecule has 0 radical (unpaired) electrons. The monoisotopic (exact) mass is 256 g/mol. The van der Waals surface area contributed by atoms with Gasteiger partial charge in [-0.3, -0.25) is 5.10 Å². The molecule has 3 rings (SSSR count). The average molecular weight is 256 g/mol. The van der Waals surface area contributed by atoms with Gasteiger partial charge in [0.1, 0.15) is 12.2 Å². The van der Waals surface area contributed by atoms with Gasteiger partial charge in [0.05, 0.1) is 0 Å². The molecule has 1 fully saturated rings. The molecule has 2 N–H and O–H groups in total. The number of hydrogen-bond acceptors (Lipinski definition) is 3. The van der Waals surface area contributed by atoms with Crippen LogP contribution < -0.4 is 5.32 Å². The van der Waals surface area contributed by atoms with Gasteiger partial charge < -0.3 is 5.32 Å². The Morgan fingerprint density at radius 3 is 2.74 bits per heavy atom. The van der Waals surface area contributed by atoms with Crippen molar-refractivity contribution in [2.45, 2.75) is 38.1 Å². The van der Waals surface area contributed by atoms with Crippen molar-refractivity contribution in [3.05, 3.63) is 47.5 Å². The fourth-order valence-electron chi connectivity index (χ4n) is 2.64. The van der Waals surface area contributed by atoms with E-state index in [0.29, 0.717) is 6.04 Å². The van der Waals surface area contributed by atoms with Gasteiger partial charge >= 0.3 is 0 Å². The van der Waals surface area contributed by atoms with Gasteiger partial charge in [-0.25, -0.2) is 4.98 Å². The Hall–Kier alpha value is -1.68. The van der Waals surface area contributed by atoms with E-state index in [4.69, 9.17) is 0 Å². The van der Waals surface area contributed by atoms with Crippen LogP contribution in [0.3, 0.4) is 0 Å². The highest BCUT2D eigenvalue weighted by Crippen LogP contribution is 2.36. The highest BCUT2D eigenvalue weighted by atomic mass is 15.2. The maximum absolute atomic E-state index is 4.12. The van der Waals surface area contributed by atoms with Crippen molar-refractivity contribution in [1.82, 2.24) is 20.5 Å². The zero-order chi connectivity index (χ0) is 13.1. The van der Waals surface area contributed by atoms with Gasteiger partial charge in [-0.15, -0.1) is 0 Å². The molecule has 0 spiro atoms. The van der Waals surface area contributed by atoms with Crippen LogP contribution in [-0.4, -0.2) is 27.8 Å². The smallest absolute Gasteiger partial charge is 0.137 e. The van der Waals surface area contributed by atoms with Crippen molar-refractivity contribution >= 4 is 0 Å². The first-order valence-electron chi connectivity index (χ1n) is 6.95. The summed E-state index contributed by atoms with van der Waals surface area (Å²) in [7, 11) is 0. The van der Waals surface area contributed by atoms with Gasteiger partial charge in [-0.2, -0.15) is 5.10 Å². The average Bonchev–Trinajstić information content (AvgIpc) is 2.87. The molecular formula is C15H20N4. The van der Waals surface area contributed by atoms with E-state index in [2.05, 4.69) is 51.7 Å². The van der Waals surface area contributed by atoms with Gasteiger partial charge in [0.25, 0.3) is 0 Å². The molecule has 1 aromatic heterocycles. The Bertz CT molecular complexity index is 497. The largest absolute Gasteiger partial charge is 0.313 e. The first-order valence-corrected chi connectivity index (χ1v) is 6.95. The summed E-state index contributed by atoms with van der Waals surface area (Å²) >= 11 is 0. The molecule has 100 valence electrons. The minimum atomic E-state index is 0.661. The number of H-pyrrole nitrogens is 1. The lowest BCUT2D eigenvalue weighted by atomic mass is 9.76. The lowest BCUT2D eigenvalue weighted by Crippen LogP contribution is -2.41. The van der Waals surface area contributed by atoms with Crippen molar-refractivity contribution in [2.75, 3.05) is 6.54 Å². The summed E-state index contributed by atoms with van der Waals surface area (Å²) < 4.78 is 0. The number of aromatic nitrogens is 3. The highest BCUT2D eigenvalue weighted by molar-refractivity contribution is 5.26. The predicted octanol–water partition coefficient (Wildman–Crippen LogP) is 2.19. The van der Waals surface area contributed by atoms with E-state index >= 15 is 0 Å². The minimum Gasteiger partial charge on any atom is -0.313 e. The number of benzene rings is 1. The third-order valence-electron chi connectivity index (χ3n) is 3.95. The zero-order valence-electron chi connectivity index (χ0n) is 11.3. The third kappa shape index (κ3) is 3.01. The molecule has 4 nitrogen and oxygen atoms in total. The summed E-state index contributed by atoms with van der Waals surface area (Å²) in [5.41, 5.74) is 2.82.